The molecule has 0 saturated carbocycles. The highest BCUT2D eigenvalue weighted by Gasteiger charge is 2.27. The van der Waals surface area contributed by atoms with Crippen LogP contribution in [-0.2, 0) is 6.42 Å². The number of likely N-dealkylation sites (tertiary alicyclic amines) is 1. The van der Waals surface area contributed by atoms with Gasteiger partial charge in [0.05, 0.1) is 11.7 Å². The minimum atomic E-state index is 0.578. The standard InChI is InChI=1S/C15H25N3/c1-3-17-10-5-4-8-14(17)13-11-18-12(2)7-6-9-15(18)16-13/h11-12,14H,3-10H2,1-2H3. The van der Waals surface area contributed by atoms with Crippen molar-refractivity contribution in [3.05, 3.63) is 17.7 Å². The van der Waals surface area contributed by atoms with E-state index < -0.39 is 0 Å². The van der Waals surface area contributed by atoms with E-state index in [0.29, 0.717) is 12.1 Å². The molecule has 3 heterocycles. The van der Waals surface area contributed by atoms with Crippen LogP contribution in [0.3, 0.4) is 0 Å². The molecule has 3 rings (SSSR count). The summed E-state index contributed by atoms with van der Waals surface area (Å²) in [5.41, 5.74) is 1.33. The lowest BCUT2D eigenvalue weighted by atomic mass is 10.00. The lowest BCUT2D eigenvalue weighted by Crippen LogP contribution is -2.33. The fraction of sp³-hybridized carbons (Fsp3) is 0.800. The summed E-state index contributed by atoms with van der Waals surface area (Å²) in [5.74, 6) is 1.32. The first-order valence-electron chi connectivity index (χ1n) is 7.61. The van der Waals surface area contributed by atoms with Gasteiger partial charge in [0.1, 0.15) is 5.82 Å². The van der Waals surface area contributed by atoms with E-state index in [1.165, 1.54) is 56.6 Å². The molecule has 1 aromatic heterocycles. The van der Waals surface area contributed by atoms with Crippen LogP contribution in [0.2, 0.25) is 0 Å². The zero-order chi connectivity index (χ0) is 12.5. The van der Waals surface area contributed by atoms with Gasteiger partial charge in [0.2, 0.25) is 0 Å². The molecule has 3 nitrogen and oxygen atoms in total. The lowest BCUT2D eigenvalue weighted by Gasteiger charge is -2.33. The first-order chi connectivity index (χ1) is 8.79. The van der Waals surface area contributed by atoms with E-state index in [4.69, 9.17) is 4.98 Å². The maximum atomic E-state index is 4.94. The lowest BCUT2D eigenvalue weighted by molar-refractivity contribution is 0.154. The molecule has 2 aliphatic rings. The van der Waals surface area contributed by atoms with E-state index in [2.05, 4.69) is 29.5 Å². The Morgan fingerprint density at radius 1 is 1.28 bits per heavy atom. The van der Waals surface area contributed by atoms with Crippen LogP contribution >= 0.6 is 0 Å². The monoisotopic (exact) mass is 247 g/mol. The van der Waals surface area contributed by atoms with Crippen LogP contribution in [0.1, 0.15) is 69.6 Å². The number of imidazole rings is 1. The van der Waals surface area contributed by atoms with Gasteiger partial charge >= 0.3 is 0 Å². The number of rotatable bonds is 2. The van der Waals surface area contributed by atoms with Crippen molar-refractivity contribution in [2.75, 3.05) is 13.1 Å². The van der Waals surface area contributed by atoms with Gasteiger partial charge in [-0.2, -0.15) is 0 Å². The summed E-state index contributed by atoms with van der Waals surface area (Å²) < 4.78 is 2.43. The number of aryl methyl sites for hydroxylation is 1. The van der Waals surface area contributed by atoms with Gasteiger partial charge in [-0.25, -0.2) is 4.98 Å². The summed E-state index contributed by atoms with van der Waals surface area (Å²) in [6.45, 7) is 7.00. The fourth-order valence-electron chi connectivity index (χ4n) is 3.58. The maximum Gasteiger partial charge on any atom is 0.109 e. The second kappa shape index (κ2) is 5.04. The van der Waals surface area contributed by atoms with Crippen molar-refractivity contribution in [1.29, 1.82) is 0 Å². The Labute approximate surface area is 110 Å². The van der Waals surface area contributed by atoms with Gasteiger partial charge in [-0.05, 0) is 45.7 Å². The van der Waals surface area contributed by atoms with E-state index in [1.807, 2.05) is 0 Å². The van der Waals surface area contributed by atoms with Crippen molar-refractivity contribution in [3.8, 4) is 0 Å². The number of piperidine rings is 1. The Kier molecular flexibility index (Phi) is 3.42. The predicted octanol–water partition coefficient (Wildman–Crippen LogP) is 3.33. The van der Waals surface area contributed by atoms with Crippen molar-refractivity contribution < 1.29 is 0 Å². The topological polar surface area (TPSA) is 21.1 Å². The first-order valence-corrected chi connectivity index (χ1v) is 7.61. The smallest absolute Gasteiger partial charge is 0.109 e. The number of aromatic nitrogens is 2. The predicted molar refractivity (Wildman–Crippen MR) is 73.7 cm³/mol. The second-order valence-corrected chi connectivity index (χ2v) is 5.87. The number of hydrogen-bond acceptors (Lipinski definition) is 2. The van der Waals surface area contributed by atoms with Gasteiger partial charge in [-0.15, -0.1) is 0 Å². The molecule has 3 heteroatoms. The molecule has 1 aromatic rings. The Bertz CT molecular complexity index is 410. The molecule has 2 atom stereocenters. The Morgan fingerprint density at radius 3 is 2.94 bits per heavy atom. The van der Waals surface area contributed by atoms with E-state index in [-0.39, 0.29) is 0 Å². The van der Waals surface area contributed by atoms with Crippen molar-refractivity contribution >= 4 is 0 Å². The summed E-state index contributed by atoms with van der Waals surface area (Å²) in [5, 5.41) is 0. The molecule has 1 fully saturated rings. The molecule has 100 valence electrons. The summed E-state index contributed by atoms with van der Waals surface area (Å²) in [4.78, 5) is 7.54. The summed E-state index contributed by atoms with van der Waals surface area (Å²) in [6.07, 6.45) is 10.1. The largest absolute Gasteiger partial charge is 0.332 e. The molecule has 2 aliphatic heterocycles. The number of fused-ring (bicyclic) bond motifs is 1. The van der Waals surface area contributed by atoms with Crippen molar-refractivity contribution in [2.24, 2.45) is 0 Å². The molecule has 0 amide bonds. The van der Waals surface area contributed by atoms with Gasteiger partial charge in [0, 0.05) is 18.7 Å². The SMILES string of the molecule is CCN1CCCCC1c1cn2c(n1)CCCC2C. The quantitative estimate of drug-likeness (QED) is 0.799. The highest BCUT2D eigenvalue weighted by atomic mass is 15.2. The third-order valence-corrected chi connectivity index (χ3v) is 4.69. The van der Waals surface area contributed by atoms with Crippen molar-refractivity contribution in [3.63, 3.8) is 0 Å². The average Bonchev–Trinajstić information content (AvgIpc) is 2.84. The molecule has 1 saturated heterocycles. The van der Waals surface area contributed by atoms with Crippen LogP contribution in [0, 0.1) is 0 Å². The Morgan fingerprint density at radius 2 is 2.17 bits per heavy atom. The minimum Gasteiger partial charge on any atom is -0.332 e. The van der Waals surface area contributed by atoms with Crippen LogP contribution in [0.5, 0.6) is 0 Å². The maximum absolute atomic E-state index is 4.94. The molecule has 18 heavy (non-hydrogen) atoms. The van der Waals surface area contributed by atoms with E-state index in [1.54, 1.807) is 0 Å². The highest BCUT2D eigenvalue weighted by molar-refractivity contribution is 5.12. The molecule has 2 unspecified atom stereocenters. The molecule has 0 bridgehead atoms. The van der Waals surface area contributed by atoms with Gasteiger partial charge < -0.3 is 4.57 Å². The summed E-state index contributed by atoms with van der Waals surface area (Å²) in [6, 6.07) is 1.22. The molecule has 0 spiro atoms. The summed E-state index contributed by atoms with van der Waals surface area (Å²) in [7, 11) is 0. The molecular formula is C15H25N3. The number of hydrogen-bond donors (Lipinski definition) is 0. The average molecular weight is 247 g/mol. The van der Waals surface area contributed by atoms with E-state index in [9.17, 15) is 0 Å². The molecule has 0 aliphatic carbocycles. The second-order valence-electron chi connectivity index (χ2n) is 5.87. The van der Waals surface area contributed by atoms with Gasteiger partial charge in [-0.1, -0.05) is 13.3 Å². The number of nitrogens with zero attached hydrogens (tertiary/aromatic N) is 3. The van der Waals surface area contributed by atoms with Crippen LogP contribution in [-0.4, -0.2) is 27.5 Å². The van der Waals surface area contributed by atoms with Crippen molar-refractivity contribution in [2.45, 2.75) is 64.5 Å². The third-order valence-electron chi connectivity index (χ3n) is 4.69. The zero-order valence-corrected chi connectivity index (χ0v) is 11.7. The third kappa shape index (κ3) is 2.09. The van der Waals surface area contributed by atoms with Crippen LogP contribution in [0.15, 0.2) is 6.20 Å². The molecule has 0 radical (unpaired) electrons. The molecular weight excluding hydrogens is 222 g/mol. The highest BCUT2D eigenvalue weighted by Crippen LogP contribution is 2.32. The fourth-order valence-corrected chi connectivity index (χ4v) is 3.58. The normalized spacial score (nSPS) is 29.2. The summed E-state index contributed by atoms with van der Waals surface area (Å²) >= 11 is 0. The van der Waals surface area contributed by atoms with Crippen LogP contribution in [0.25, 0.3) is 0 Å². The zero-order valence-electron chi connectivity index (χ0n) is 11.7. The van der Waals surface area contributed by atoms with Crippen LogP contribution in [0.4, 0.5) is 0 Å². The van der Waals surface area contributed by atoms with E-state index >= 15 is 0 Å². The minimum absolute atomic E-state index is 0.578. The van der Waals surface area contributed by atoms with E-state index in [0.717, 1.165) is 6.54 Å². The van der Waals surface area contributed by atoms with Gasteiger partial charge in [0.25, 0.3) is 0 Å². The first kappa shape index (κ1) is 12.2. The van der Waals surface area contributed by atoms with Gasteiger partial charge in [-0.3, -0.25) is 4.90 Å². The Hall–Kier alpha value is -0.830. The van der Waals surface area contributed by atoms with Crippen molar-refractivity contribution in [1.82, 2.24) is 14.5 Å². The van der Waals surface area contributed by atoms with Gasteiger partial charge in [0.15, 0.2) is 0 Å². The molecule has 0 N–H and O–H groups in total. The van der Waals surface area contributed by atoms with Crippen LogP contribution < -0.4 is 0 Å². The Balaban J connectivity index is 1.87. The molecule has 0 aromatic carbocycles.